The number of anilines is 2. The van der Waals surface area contributed by atoms with E-state index in [2.05, 4.69) is 21.2 Å². The van der Waals surface area contributed by atoms with Crippen molar-refractivity contribution in [3.8, 4) is 0 Å². The Hall–Kier alpha value is -1.88. The number of benzene rings is 2. The number of carbonyl (C=O) groups is 1. The van der Waals surface area contributed by atoms with Gasteiger partial charge in [0, 0.05) is 15.7 Å². The summed E-state index contributed by atoms with van der Waals surface area (Å²) in [6.45, 7) is 1.90. The molecule has 98 valence electrons. The minimum atomic E-state index is -0.503. The number of rotatable bonds is 2. The Balaban J connectivity index is 2.22. The monoisotopic (exact) mass is 322 g/mol. The van der Waals surface area contributed by atoms with Gasteiger partial charge in [-0.2, -0.15) is 0 Å². The maximum atomic E-state index is 13.0. The standard InChI is InChI=1S/C14H12BrFN2O/c1-8-4-9(6-10(15)5-8)14(19)18-11-2-3-12(16)13(17)7-11/h2-7H,17H2,1H3,(H,18,19). The molecule has 0 aliphatic rings. The molecule has 1 amide bonds. The normalized spacial score (nSPS) is 10.3. The molecule has 3 N–H and O–H groups in total. The lowest BCUT2D eigenvalue weighted by atomic mass is 10.1. The van der Waals surface area contributed by atoms with Crippen LogP contribution in [-0.2, 0) is 0 Å². The first-order valence-electron chi connectivity index (χ1n) is 5.59. The molecule has 0 bridgehead atoms. The van der Waals surface area contributed by atoms with Gasteiger partial charge in [0.05, 0.1) is 5.69 Å². The van der Waals surface area contributed by atoms with Gasteiger partial charge in [-0.05, 0) is 48.9 Å². The Labute approximate surface area is 118 Å². The number of halogens is 2. The van der Waals surface area contributed by atoms with Crippen molar-refractivity contribution in [1.29, 1.82) is 0 Å². The van der Waals surface area contributed by atoms with Gasteiger partial charge in [0.15, 0.2) is 0 Å². The first kappa shape index (κ1) is 13.5. The van der Waals surface area contributed by atoms with E-state index in [1.807, 2.05) is 13.0 Å². The Morgan fingerprint density at radius 3 is 2.63 bits per heavy atom. The van der Waals surface area contributed by atoms with Crippen molar-refractivity contribution >= 4 is 33.2 Å². The number of hydrogen-bond donors (Lipinski definition) is 2. The molecule has 19 heavy (non-hydrogen) atoms. The van der Waals surface area contributed by atoms with Crippen LogP contribution in [0.3, 0.4) is 0 Å². The minimum Gasteiger partial charge on any atom is -0.396 e. The number of nitrogen functional groups attached to an aromatic ring is 1. The fourth-order valence-corrected chi connectivity index (χ4v) is 2.30. The fourth-order valence-electron chi connectivity index (χ4n) is 1.69. The van der Waals surface area contributed by atoms with Gasteiger partial charge in [0.2, 0.25) is 0 Å². The SMILES string of the molecule is Cc1cc(Br)cc(C(=O)Nc2ccc(F)c(N)c2)c1. The quantitative estimate of drug-likeness (QED) is 0.828. The van der Waals surface area contributed by atoms with E-state index >= 15 is 0 Å². The Bertz CT molecular complexity index is 623. The number of nitrogens with two attached hydrogens (primary N) is 1. The number of aryl methyl sites for hydroxylation is 1. The summed E-state index contributed by atoms with van der Waals surface area (Å²) in [6, 6.07) is 9.47. The molecule has 0 saturated heterocycles. The third kappa shape index (κ3) is 3.32. The highest BCUT2D eigenvalue weighted by Gasteiger charge is 2.08. The molecule has 0 unspecified atom stereocenters. The molecule has 0 atom stereocenters. The van der Waals surface area contributed by atoms with Crippen LogP contribution in [-0.4, -0.2) is 5.91 Å². The zero-order valence-corrected chi connectivity index (χ0v) is 11.8. The lowest BCUT2D eigenvalue weighted by Gasteiger charge is -2.07. The van der Waals surface area contributed by atoms with Gasteiger partial charge < -0.3 is 11.1 Å². The van der Waals surface area contributed by atoms with Crippen LogP contribution >= 0.6 is 15.9 Å². The summed E-state index contributed by atoms with van der Waals surface area (Å²) in [5.41, 5.74) is 7.41. The summed E-state index contributed by atoms with van der Waals surface area (Å²) in [5.74, 6) is -0.772. The van der Waals surface area contributed by atoms with Crippen molar-refractivity contribution in [3.63, 3.8) is 0 Å². The van der Waals surface area contributed by atoms with E-state index in [4.69, 9.17) is 5.73 Å². The molecule has 2 rings (SSSR count). The van der Waals surface area contributed by atoms with Crippen LogP contribution in [0.5, 0.6) is 0 Å². The summed E-state index contributed by atoms with van der Waals surface area (Å²) in [6.07, 6.45) is 0. The van der Waals surface area contributed by atoms with Gasteiger partial charge in [-0.25, -0.2) is 4.39 Å². The molecule has 0 aromatic heterocycles. The van der Waals surface area contributed by atoms with Gasteiger partial charge in [0.1, 0.15) is 5.82 Å². The van der Waals surface area contributed by atoms with E-state index in [1.54, 1.807) is 12.1 Å². The third-order valence-corrected chi connectivity index (χ3v) is 3.02. The largest absolute Gasteiger partial charge is 0.396 e. The number of amides is 1. The summed E-state index contributed by atoms with van der Waals surface area (Å²) in [4.78, 5) is 12.0. The molecule has 0 aliphatic heterocycles. The van der Waals surface area contributed by atoms with Crippen LogP contribution < -0.4 is 11.1 Å². The summed E-state index contributed by atoms with van der Waals surface area (Å²) >= 11 is 3.34. The molecule has 0 radical (unpaired) electrons. The molecule has 0 spiro atoms. The average Bonchev–Trinajstić information content (AvgIpc) is 2.32. The second kappa shape index (κ2) is 5.40. The van der Waals surface area contributed by atoms with Crippen molar-refractivity contribution < 1.29 is 9.18 Å². The molecule has 0 fully saturated rings. The fraction of sp³-hybridized carbons (Fsp3) is 0.0714. The molecule has 5 heteroatoms. The smallest absolute Gasteiger partial charge is 0.255 e. The minimum absolute atomic E-state index is 0.00298. The average molecular weight is 323 g/mol. The van der Waals surface area contributed by atoms with Gasteiger partial charge in [-0.1, -0.05) is 15.9 Å². The zero-order chi connectivity index (χ0) is 14.0. The van der Waals surface area contributed by atoms with Gasteiger partial charge in [0.25, 0.3) is 5.91 Å². The van der Waals surface area contributed by atoms with Crippen LogP contribution in [0, 0.1) is 12.7 Å². The lowest BCUT2D eigenvalue weighted by Crippen LogP contribution is -2.12. The summed E-state index contributed by atoms with van der Waals surface area (Å²) in [7, 11) is 0. The van der Waals surface area contributed by atoms with Crippen LogP contribution in [0.1, 0.15) is 15.9 Å². The zero-order valence-electron chi connectivity index (χ0n) is 10.2. The summed E-state index contributed by atoms with van der Waals surface area (Å²) in [5, 5.41) is 2.67. The van der Waals surface area contributed by atoms with E-state index in [-0.39, 0.29) is 11.6 Å². The second-order valence-electron chi connectivity index (χ2n) is 4.21. The molecule has 3 nitrogen and oxygen atoms in total. The van der Waals surface area contributed by atoms with E-state index < -0.39 is 5.82 Å². The van der Waals surface area contributed by atoms with Gasteiger partial charge in [-0.3, -0.25) is 4.79 Å². The first-order chi connectivity index (χ1) is 8.95. The molecule has 0 aliphatic carbocycles. The van der Waals surface area contributed by atoms with E-state index in [0.29, 0.717) is 11.3 Å². The van der Waals surface area contributed by atoms with Crippen LogP contribution in [0.15, 0.2) is 40.9 Å². The molecule has 2 aromatic rings. The van der Waals surface area contributed by atoms with Crippen molar-refractivity contribution in [3.05, 3.63) is 57.8 Å². The number of nitrogens with one attached hydrogen (secondary N) is 1. The second-order valence-corrected chi connectivity index (χ2v) is 5.12. The van der Waals surface area contributed by atoms with Crippen molar-refractivity contribution in [2.45, 2.75) is 6.92 Å². The summed E-state index contributed by atoms with van der Waals surface area (Å²) < 4.78 is 13.9. The lowest BCUT2D eigenvalue weighted by molar-refractivity contribution is 0.102. The predicted molar refractivity (Wildman–Crippen MR) is 77.6 cm³/mol. The van der Waals surface area contributed by atoms with Crippen molar-refractivity contribution in [2.24, 2.45) is 0 Å². The Kier molecular flexibility index (Phi) is 3.85. The highest BCUT2D eigenvalue weighted by atomic mass is 79.9. The molecular formula is C14H12BrFN2O. The molecule has 0 heterocycles. The Morgan fingerprint density at radius 2 is 2.00 bits per heavy atom. The highest BCUT2D eigenvalue weighted by molar-refractivity contribution is 9.10. The number of carbonyl (C=O) groups excluding carboxylic acids is 1. The van der Waals surface area contributed by atoms with E-state index in [1.165, 1.54) is 18.2 Å². The van der Waals surface area contributed by atoms with Gasteiger partial charge >= 0.3 is 0 Å². The van der Waals surface area contributed by atoms with E-state index in [0.717, 1.165) is 10.0 Å². The van der Waals surface area contributed by atoms with Crippen molar-refractivity contribution in [2.75, 3.05) is 11.1 Å². The van der Waals surface area contributed by atoms with E-state index in [9.17, 15) is 9.18 Å². The van der Waals surface area contributed by atoms with Crippen LogP contribution in [0.4, 0.5) is 15.8 Å². The molecule has 0 saturated carbocycles. The molecular weight excluding hydrogens is 311 g/mol. The van der Waals surface area contributed by atoms with Crippen LogP contribution in [0.25, 0.3) is 0 Å². The third-order valence-electron chi connectivity index (χ3n) is 2.56. The van der Waals surface area contributed by atoms with Crippen molar-refractivity contribution in [1.82, 2.24) is 0 Å². The number of hydrogen-bond acceptors (Lipinski definition) is 2. The highest BCUT2D eigenvalue weighted by Crippen LogP contribution is 2.19. The predicted octanol–water partition coefficient (Wildman–Crippen LogP) is 3.73. The molecule has 2 aromatic carbocycles. The Morgan fingerprint density at radius 1 is 1.26 bits per heavy atom. The maximum absolute atomic E-state index is 13.0. The first-order valence-corrected chi connectivity index (χ1v) is 6.38. The van der Waals surface area contributed by atoms with Gasteiger partial charge in [-0.15, -0.1) is 0 Å². The maximum Gasteiger partial charge on any atom is 0.255 e. The van der Waals surface area contributed by atoms with Crippen LogP contribution in [0.2, 0.25) is 0 Å². The topological polar surface area (TPSA) is 55.1 Å².